The van der Waals surface area contributed by atoms with Crippen LogP contribution in [0.2, 0.25) is 0 Å². The number of carbonyl (C=O) groups excluding carboxylic acids is 1. The number of ketones is 1. The van der Waals surface area contributed by atoms with E-state index in [1.807, 2.05) is 0 Å². The number of carbonyl (C=O) groups is 1. The molecule has 0 aromatic carbocycles. The molecule has 0 aromatic heterocycles. The summed E-state index contributed by atoms with van der Waals surface area (Å²) in [6, 6.07) is 0. The molecule has 0 radical (unpaired) electrons. The highest BCUT2D eigenvalue weighted by Crippen LogP contribution is 2.09. The lowest BCUT2D eigenvalue weighted by Crippen LogP contribution is -1.96. The van der Waals surface area contributed by atoms with Gasteiger partial charge in [0, 0.05) is 6.08 Å². The van der Waals surface area contributed by atoms with E-state index in [0.717, 1.165) is 12.2 Å². The average molecular weight is 159 g/mol. The van der Waals surface area contributed by atoms with Gasteiger partial charge in [-0.15, -0.1) is 11.8 Å². The highest BCUT2D eigenvalue weighted by molar-refractivity contribution is 8.03. The number of allylic oxidation sites excluding steroid dienone is 1. The summed E-state index contributed by atoms with van der Waals surface area (Å²) in [5.74, 6) is 0.997. The fraction of sp³-hybridized carbons (Fsp3) is 0.571. The van der Waals surface area contributed by atoms with E-state index in [9.17, 15) is 4.79 Å². The summed E-state index contributed by atoms with van der Waals surface area (Å²) in [6.45, 7) is 3.58. The van der Waals surface area contributed by atoms with Crippen molar-refractivity contribution in [1.29, 1.82) is 0 Å². The first-order valence-electron chi connectivity index (χ1n) is 3.27. The Morgan fingerprint density at radius 3 is 2.70 bits per heavy atom. The van der Waals surface area contributed by atoms with Crippen molar-refractivity contribution in [3.63, 3.8) is 0 Å². The molecule has 0 fully saturated rings. The lowest BCUT2D eigenvalue weighted by molar-refractivity contribution is -0.112. The van der Waals surface area contributed by atoms with Crippen molar-refractivity contribution in [3.8, 4) is 0 Å². The van der Waals surface area contributed by atoms with Crippen LogP contribution in [0.3, 0.4) is 0 Å². The van der Waals surface area contributed by atoms with Crippen LogP contribution in [0.4, 0.5) is 0 Å². The van der Waals surface area contributed by atoms with Crippen LogP contribution in [0, 0.1) is 0 Å². The van der Waals surface area contributed by atoms with Crippen molar-refractivity contribution in [2.45, 2.75) is 20.3 Å². The fourth-order valence-electron chi connectivity index (χ4n) is 0.462. The van der Waals surface area contributed by atoms with Crippen LogP contribution in [-0.2, 0) is 4.79 Å². The molecule has 0 saturated heterocycles. The molecule has 0 amide bonds. The van der Waals surface area contributed by atoms with E-state index in [4.69, 9.17) is 5.73 Å². The highest BCUT2D eigenvalue weighted by Gasteiger charge is 1.91. The Bertz CT molecular complexity index is 143. The van der Waals surface area contributed by atoms with Gasteiger partial charge < -0.3 is 5.73 Å². The Kier molecular flexibility index (Phi) is 5.12. The van der Waals surface area contributed by atoms with Gasteiger partial charge in [-0.25, -0.2) is 0 Å². The minimum Gasteiger partial charge on any atom is -0.393 e. The summed E-state index contributed by atoms with van der Waals surface area (Å²) >= 11 is 1.52. The molecule has 0 saturated carbocycles. The molecule has 0 heterocycles. The molecule has 2 N–H and O–H groups in total. The summed E-state index contributed by atoms with van der Waals surface area (Å²) in [5.41, 5.74) is 5.46. The molecule has 0 spiro atoms. The maximum atomic E-state index is 10.4. The maximum absolute atomic E-state index is 10.4. The number of rotatable bonds is 4. The van der Waals surface area contributed by atoms with E-state index in [1.54, 1.807) is 0 Å². The molecule has 0 atom stereocenters. The number of nitrogens with two attached hydrogens (primary N) is 1. The predicted octanol–water partition coefficient (Wildman–Crippen LogP) is 1.52. The average Bonchev–Trinajstić information content (AvgIpc) is 1.82. The second-order valence-electron chi connectivity index (χ2n) is 2.01. The molecular weight excluding hydrogens is 146 g/mol. The molecule has 10 heavy (non-hydrogen) atoms. The zero-order valence-corrected chi connectivity index (χ0v) is 7.20. The van der Waals surface area contributed by atoms with Gasteiger partial charge in [-0.3, -0.25) is 4.79 Å². The predicted molar refractivity (Wildman–Crippen MR) is 45.7 cm³/mol. The van der Waals surface area contributed by atoms with E-state index in [0.29, 0.717) is 5.03 Å². The fourth-order valence-corrected chi connectivity index (χ4v) is 1.15. The van der Waals surface area contributed by atoms with Gasteiger partial charge in [0.1, 0.15) is 0 Å². The quantitative estimate of drug-likeness (QED) is 0.632. The Morgan fingerprint density at radius 2 is 2.30 bits per heavy atom. The van der Waals surface area contributed by atoms with Gasteiger partial charge in [0.05, 0.1) is 5.03 Å². The number of hydrogen-bond acceptors (Lipinski definition) is 3. The molecule has 2 nitrogen and oxygen atoms in total. The van der Waals surface area contributed by atoms with E-state index >= 15 is 0 Å². The summed E-state index contributed by atoms with van der Waals surface area (Å²) < 4.78 is 0. The van der Waals surface area contributed by atoms with Crippen molar-refractivity contribution in [1.82, 2.24) is 0 Å². The summed E-state index contributed by atoms with van der Waals surface area (Å²) in [6.07, 6.45) is 2.54. The Morgan fingerprint density at radius 1 is 1.70 bits per heavy atom. The van der Waals surface area contributed by atoms with Crippen LogP contribution in [0.15, 0.2) is 11.1 Å². The minimum atomic E-state index is 0.0149. The minimum absolute atomic E-state index is 0.0149. The standard InChI is InChI=1S/C7H13NOS/c1-3-4-10-7(8)5-6(2)9/h5H,3-4,8H2,1-2H3/b7-5+. The summed E-state index contributed by atoms with van der Waals surface area (Å²) in [7, 11) is 0. The van der Waals surface area contributed by atoms with Crippen LogP contribution in [0.5, 0.6) is 0 Å². The van der Waals surface area contributed by atoms with Crippen molar-refractivity contribution in [2.75, 3.05) is 5.75 Å². The van der Waals surface area contributed by atoms with E-state index < -0.39 is 0 Å². The van der Waals surface area contributed by atoms with Gasteiger partial charge in [0.25, 0.3) is 0 Å². The van der Waals surface area contributed by atoms with Crippen molar-refractivity contribution in [2.24, 2.45) is 5.73 Å². The van der Waals surface area contributed by atoms with Gasteiger partial charge in [0.15, 0.2) is 5.78 Å². The normalized spacial score (nSPS) is 11.6. The molecule has 0 aliphatic rings. The SMILES string of the molecule is CCCS/C(N)=C/C(C)=O. The Balaban J connectivity index is 3.60. The molecule has 3 heteroatoms. The van der Waals surface area contributed by atoms with Crippen LogP contribution < -0.4 is 5.73 Å². The monoisotopic (exact) mass is 159 g/mol. The van der Waals surface area contributed by atoms with Crippen molar-refractivity contribution in [3.05, 3.63) is 11.1 Å². The maximum Gasteiger partial charge on any atom is 0.155 e. The van der Waals surface area contributed by atoms with Gasteiger partial charge in [-0.2, -0.15) is 0 Å². The van der Waals surface area contributed by atoms with Gasteiger partial charge in [-0.1, -0.05) is 6.92 Å². The van der Waals surface area contributed by atoms with Crippen LogP contribution in [0.1, 0.15) is 20.3 Å². The third kappa shape index (κ3) is 5.69. The summed E-state index contributed by atoms with van der Waals surface area (Å²) in [4.78, 5) is 10.4. The smallest absolute Gasteiger partial charge is 0.155 e. The second kappa shape index (κ2) is 5.35. The largest absolute Gasteiger partial charge is 0.393 e. The van der Waals surface area contributed by atoms with Crippen molar-refractivity contribution < 1.29 is 4.79 Å². The molecular formula is C7H13NOS. The highest BCUT2D eigenvalue weighted by atomic mass is 32.2. The zero-order chi connectivity index (χ0) is 7.98. The van der Waals surface area contributed by atoms with E-state index in [2.05, 4.69) is 6.92 Å². The Labute approximate surface area is 65.9 Å². The third-order valence-corrected chi connectivity index (χ3v) is 1.88. The molecule has 58 valence electrons. The number of hydrogen-bond donors (Lipinski definition) is 1. The molecule has 0 aliphatic carbocycles. The topological polar surface area (TPSA) is 43.1 Å². The molecule has 0 aromatic rings. The molecule has 0 aliphatic heterocycles. The third-order valence-electron chi connectivity index (χ3n) is 0.818. The van der Waals surface area contributed by atoms with Gasteiger partial charge >= 0.3 is 0 Å². The zero-order valence-electron chi connectivity index (χ0n) is 6.39. The van der Waals surface area contributed by atoms with Crippen LogP contribution in [0.25, 0.3) is 0 Å². The van der Waals surface area contributed by atoms with Crippen LogP contribution in [-0.4, -0.2) is 11.5 Å². The summed E-state index contributed by atoms with van der Waals surface area (Å²) in [5, 5.41) is 0.620. The first-order valence-corrected chi connectivity index (χ1v) is 4.26. The van der Waals surface area contributed by atoms with Crippen LogP contribution >= 0.6 is 11.8 Å². The van der Waals surface area contributed by atoms with Crippen molar-refractivity contribution >= 4 is 17.5 Å². The Hall–Kier alpha value is -0.440. The second-order valence-corrected chi connectivity index (χ2v) is 3.17. The molecule has 0 bridgehead atoms. The van der Waals surface area contributed by atoms with Gasteiger partial charge in [0.2, 0.25) is 0 Å². The van der Waals surface area contributed by atoms with E-state index in [-0.39, 0.29) is 5.78 Å². The van der Waals surface area contributed by atoms with E-state index in [1.165, 1.54) is 24.8 Å². The first-order chi connectivity index (χ1) is 4.66. The lowest BCUT2D eigenvalue weighted by atomic mass is 10.4. The molecule has 0 rings (SSSR count). The number of thioether (sulfide) groups is 1. The molecule has 0 unspecified atom stereocenters. The lowest BCUT2D eigenvalue weighted by Gasteiger charge is -1.95. The van der Waals surface area contributed by atoms with Gasteiger partial charge in [-0.05, 0) is 19.1 Å². The first kappa shape index (κ1) is 9.56.